The summed E-state index contributed by atoms with van der Waals surface area (Å²) in [6.45, 7) is 6.75. The Balaban J connectivity index is 1.31. The summed E-state index contributed by atoms with van der Waals surface area (Å²) < 4.78 is 26.6. The van der Waals surface area contributed by atoms with Gasteiger partial charge < -0.3 is 10.4 Å². The van der Waals surface area contributed by atoms with E-state index in [4.69, 9.17) is 9.97 Å². The van der Waals surface area contributed by atoms with Gasteiger partial charge in [0.15, 0.2) is 0 Å². The highest BCUT2D eigenvalue weighted by atomic mass is 32.2. The molecule has 0 unspecified atom stereocenters. The lowest BCUT2D eigenvalue weighted by Gasteiger charge is -2.40. The molecule has 3 heterocycles. The fraction of sp³-hybridized carbons (Fsp3) is 0.682. The number of sulfonamides is 1. The number of nitrogens with one attached hydrogen (secondary N) is 1. The molecule has 8 nitrogen and oxygen atoms in total. The number of aliphatic hydroxyl groups is 1. The van der Waals surface area contributed by atoms with Crippen LogP contribution >= 0.6 is 0 Å². The molecule has 1 aliphatic heterocycles. The van der Waals surface area contributed by atoms with Crippen molar-refractivity contribution in [1.29, 1.82) is 0 Å². The summed E-state index contributed by atoms with van der Waals surface area (Å²) in [6.07, 6.45) is 6.22. The van der Waals surface area contributed by atoms with Crippen LogP contribution in [0, 0.1) is 6.92 Å². The molecular weight excluding hydrogens is 414 g/mol. The van der Waals surface area contributed by atoms with E-state index in [1.807, 2.05) is 33.0 Å². The van der Waals surface area contributed by atoms with Crippen molar-refractivity contribution in [2.24, 2.45) is 0 Å². The second-order valence-electron chi connectivity index (χ2n) is 10.2. The van der Waals surface area contributed by atoms with Gasteiger partial charge in [-0.15, -0.1) is 0 Å². The highest BCUT2D eigenvalue weighted by Gasteiger charge is 2.53. The van der Waals surface area contributed by atoms with E-state index in [1.54, 1.807) is 4.31 Å². The maximum absolute atomic E-state index is 12.7. The molecule has 3 aliphatic rings. The molecule has 2 aromatic heterocycles. The third-order valence-corrected chi connectivity index (χ3v) is 9.88. The van der Waals surface area contributed by atoms with Crippen LogP contribution in [0.3, 0.4) is 0 Å². The molecule has 5 rings (SSSR count). The van der Waals surface area contributed by atoms with Gasteiger partial charge >= 0.3 is 0 Å². The molecule has 0 amide bonds. The first-order valence-electron chi connectivity index (χ1n) is 11.2. The average Bonchev–Trinajstić information content (AvgIpc) is 3.45. The van der Waals surface area contributed by atoms with E-state index in [-0.39, 0.29) is 12.0 Å². The van der Waals surface area contributed by atoms with Crippen molar-refractivity contribution >= 4 is 26.9 Å². The minimum absolute atomic E-state index is 0.141. The van der Waals surface area contributed by atoms with Gasteiger partial charge in [-0.2, -0.15) is 0 Å². The van der Waals surface area contributed by atoms with Crippen LogP contribution in [0.15, 0.2) is 12.3 Å². The largest absolute Gasteiger partial charge is 0.390 e. The molecule has 168 valence electrons. The third-order valence-electron chi connectivity index (χ3n) is 7.18. The van der Waals surface area contributed by atoms with E-state index < -0.39 is 20.4 Å². The van der Waals surface area contributed by atoms with Crippen molar-refractivity contribution < 1.29 is 13.5 Å². The Morgan fingerprint density at radius 1 is 1.16 bits per heavy atom. The van der Waals surface area contributed by atoms with Crippen LogP contribution in [0.1, 0.15) is 69.7 Å². The maximum atomic E-state index is 12.7. The van der Waals surface area contributed by atoms with Crippen LogP contribution in [0.4, 0.5) is 5.95 Å². The predicted molar refractivity (Wildman–Crippen MR) is 119 cm³/mol. The summed E-state index contributed by atoms with van der Waals surface area (Å²) in [5, 5.41) is 14.5. The van der Waals surface area contributed by atoms with Gasteiger partial charge in [0.2, 0.25) is 16.0 Å². The molecule has 0 radical (unpaired) electrons. The Kier molecular flexibility index (Phi) is 4.80. The fourth-order valence-corrected chi connectivity index (χ4v) is 6.85. The molecule has 9 heteroatoms. The zero-order valence-corrected chi connectivity index (χ0v) is 19.2. The van der Waals surface area contributed by atoms with Crippen LogP contribution < -0.4 is 5.32 Å². The smallest absolute Gasteiger partial charge is 0.223 e. The first kappa shape index (κ1) is 21.0. The Morgan fingerprint density at radius 3 is 2.45 bits per heavy atom. The molecule has 2 saturated carbocycles. The number of anilines is 1. The van der Waals surface area contributed by atoms with Crippen molar-refractivity contribution in [3.05, 3.63) is 23.7 Å². The van der Waals surface area contributed by atoms with E-state index in [0.717, 1.165) is 48.0 Å². The van der Waals surface area contributed by atoms with Gasteiger partial charge in [-0.1, -0.05) is 0 Å². The van der Waals surface area contributed by atoms with Crippen LogP contribution in [0.25, 0.3) is 10.9 Å². The molecule has 0 bridgehead atoms. The van der Waals surface area contributed by atoms with Crippen molar-refractivity contribution in [1.82, 2.24) is 19.3 Å². The quantitative estimate of drug-likeness (QED) is 0.728. The number of fused-ring (bicyclic) bond motifs is 1. The Bertz CT molecular complexity index is 1110. The molecule has 2 N–H and O–H groups in total. The standard InChI is InChI=1S/C22H31N5O3S/c1-14-10-15-13-23-20(26-18(15)19(24-14)16-11-21(2,28)12-16)25-17-4-8-27(9-5-17)31(29,30)22(3)6-7-22/h10,13,16-17,28H,4-9,11-12H2,1-3H3,(H,23,25,26). The lowest BCUT2D eigenvalue weighted by molar-refractivity contribution is -0.0320. The first-order valence-corrected chi connectivity index (χ1v) is 12.6. The number of piperidine rings is 1. The molecule has 2 aromatic rings. The molecular formula is C22H31N5O3S. The monoisotopic (exact) mass is 445 g/mol. The topological polar surface area (TPSA) is 108 Å². The highest BCUT2D eigenvalue weighted by molar-refractivity contribution is 7.90. The summed E-state index contributed by atoms with van der Waals surface area (Å²) in [5.74, 6) is 0.762. The van der Waals surface area contributed by atoms with E-state index in [0.29, 0.717) is 31.9 Å². The Labute approximate surface area is 183 Å². The van der Waals surface area contributed by atoms with Crippen molar-refractivity contribution in [3.8, 4) is 0 Å². The van der Waals surface area contributed by atoms with Crippen molar-refractivity contribution in [3.63, 3.8) is 0 Å². The van der Waals surface area contributed by atoms with E-state index >= 15 is 0 Å². The summed E-state index contributed by atoms with van der Waals surface area (Å²) in [4.78, 5) is 14.0. The number of aromatic nitrogens is 3. The average molecular weight is 446 g/mol. The molecule has 31 heavy (non-hydrogen) atoms. The molecule has 0 aromatic carbocycles. The molecule has 3 fully saturated rings. The van der Waals surface area contributed by atoms with Crippen LogP contribution in [0.5, 0.6) is 0 Å². The zero-order valence-electron chi connectivity index (χ0n) is 18.4. The van der Waals surface area contributed by atoms with Gasteiger partial charge in [0.25, 0.3) is 0 Å². The Morgan fingerprint density at radius 2 is 1.84 bits per heavy atom. The summed E-state index contributed by atoms with van der Waals surface area (Å²) in [5.41, 5.74) is 2.08. The van der Waals surface area contributed by atoms with E-state index in [9.17, 15) is 13.5 Å². The van der Waals surface area contributed by atoms with Crippen LogP contribution in [-0.2, 0) is 10.0 Å². The van der Waals surface area contributed by atoms with Crippen molar-refractivity contribution in [2.75, 3.05) is 18.4 Å². The summed E-state index contributed by atoms with van der Waals surface area (Å²) in [7, 11) is -3.19. The van der Waals surface area contributed by atoms with Gasteiger partial charge in [0.1, 0.15) is 0 Å². The molecule has 0 spiro atoms. The lowest BCUT2D eigenvalue weighted by Crippen LogP contribution is -2.46. The number of hydrogen-bond acceptors (Lipinski definition) is 7. The normalized spacial score (nSPS) is 29.0. The van der Waals surface area contributed by atoms with Gasteiger partial charge in [0.05, 0.1) is 21.6 Å². The number of pyridine rings is 1. The Hall–Kier alpha value is -1.84. The number of rotatable bonds is 5. The maximum Gasteiger partial charge on any atom is 0.223 e. The second kappa shape index (κ2) is 7.08. The highest BCUT2D eigenvalue weighted by Crippen LogP contribution is 2.46. The lowest BCUT2D eigenvalue weighted by atomic mass is 9.70. The SMILES string of the molecule is Cc1cc2cnc(NC3CCN(S(=O)(=O)C4(C)CC4)CC3)nc2c(C2CC(C)(O)C2)n1. The molecule has 2 aliphatic carbocycles. The second-order valence-corrected chi connectivity index (χ2v) is 12.6. The van der Waals surface area contributed by atoms with Gasteiger partial charge in [0, 0.05) is 42.3 Å². The minimum atomic E-state index is -3.19. The van der Waals surface area contributed by atoms with Crippen LogP contribution in [-0.4, -0.2) is 62.3 Å². The van der Waals surface area contributed by atoms with Gasteiger partial charge in [-0.25, -0.2) is 22.7 Å². The van der Waals surface area contributed by atoms with Crippen molar-refractivity contribution in [2.45, 2.75) is 81.6 Å². The predicted octanol–water partition coefficient (Wildman–Crippen LogP) is 2.72. The number of aryl methyl sites for hydroxylation is 1. The third kappa shape index (κ3) is 3.81. The summed E-state index contributed by atoms with van der Waals surface area (Å²) in [6, 6.07) is 2.13. The number of nitrogens with zero attached hydrogens (tertiary/aromatic N) is 4. The molecule has 1 saturated heterocycles. The van der Waals surface area contributed by atoms with E-state index in [1.165, 1.54) is 0 Å². The fourth-order valence-electron chi connectivity index (χ4n) is 4.92. The van der Waals surface area contributed by atoms with Crippen LogP contribution in [0.2, 0.25) is 0 Å². The first-order chi connectivity index (χ1) is 14.6. The summed E-state index contributed by atoms with van der Waals surface area (Å²) >= 11 is 0. The van der Waals surface area contributed by atoms with E-state index in [2.05, 4.69) is 10.3 Å². The zero-order chi connectivity index (χ0) is 22.0. The van der Waals surface area contributed by atoms with Gasteiger partial charge in [-0.3, -0.25) is 4.98 Å². The minimum Gasteiger partial charge on any atom is -0.390 e. The number of hydrogen-bond donors (Lipinski definition) is 2. The molecule has 0 atom stereocenters. The van der Waals surface area contributed by atoms with Gasteiger partial charge in [-0.05, 0) is 65.4 Å².